The third kappa shape index (κ3) is 4.68. The van der Waals surface area contributed by atoms with E-state index >= 15 is 0 Å². The molecule has 3 fully saturated rings. The van der Waals surface area contributed by atoms with Crippen molar-refractivity contribution < 1.29 is 23.4 Å². The summed E-state index contributed by atoms with van der Waals surface area (Å²) < 4.78 is 31.9. The van der Waals surface area contributed by atoms with Crippen LogP contribution >= 0.6 is 0 Å². The number of ether oxygens (including phenoxy) is 3. The maximum absolute atomic E-state index is 14.4. The first-order valence-electron chi connectivity index (χ1n) is 11.3. The number of hydrogen-bond donors (Lipinski definition) is 1. The Morgan fingerprint density at radius 3 is 2.60 bits per heavy atom. The van der Waals surface area contributed by atoms with Crippen LogP contribution in [0.2, 0.25) is 0 Å². The first-order valence-corrected chi connectivity index (χ1v) is 11.3. The Labute approximate surface area is 201 Å². The van der Waals surface area contributed by atoms with Crippen LogP contribution in [0.5, 0.6) is 5.88 Å². The minimum atomic E-state index is -0.653. The Morgan fingerprint density at radius 1 is 1.23 bits per heavy atom. The first-order chi connectivity index (χ1) is 16.9. The quantitative estimate of drug-likeness (QED) is 0.688. The van der Waals surface area contributed by atoms with Gasteiger partial charge in [-0.2, -0.15) is 10.5 Å². The van der Waals surface area contributed by atoms with Crippen LogP contribution in [0.4, 0.5) is 20.7 Å². The van der Waals surface area contributed by atoms with E-state index in [9.17, 15) is 14.4 Å². The molecule has 1 N–H and O–H groups in total. The highest BCUT2D eigenvalue weighted by molar-refractivity contribution is 5.69. The lowest BCUT2D eigenvalue weighted by Gasteiger charge is -2.46. The summed E-state index contributed by atoms with van der Waals surface area (Å²) >= 11 is 0. The molecular weight excluding hydrogens is 455 g/mol. The Hall–Kier alpha value is -3.96. The molecule has 2 aromatic rings. The molecule has 1 amide bonds. The SMILES string of the molecule is CC1(OC(=O)N2CC3COCC(C2)C3Oc2ncnc(Nc3ccc(C#N)cc3F)c2C#N)CC1. The zero-order chi connectivity index (χ0) is 24.6. The second kappa shape index (κ2) is 9.01. The summed E-state index contributed by atoms with van der Waals surface area (Å²) in [6, 6.07) is 7.86. The monoisotopic (exact) mass is 478 g/mol. The van der Waals surface area contributed by atoms with Gasteiger partial charge in [-0.05, 0) is 38.0 Å². The van der Waals surface area contributed by atoms with Crippen LogP contribution < -0.4 is 10.1 Å². The molecule has 5 rings (SSSR count). The van der Waals surface area contributed by atoms with Crippen molar-refractivity contribution in [3.63, 3.8) is 0 Å². The highest BCUT2D eigenvalue weighted by atomic mass is 19.1. The molecule has 180 valence electrons. The van der Waals surface area contributed by atoms with Gasteiger partial charge in [-0.25, -0.2) is 19.2 Å². The number of carbonyl (C=O) groups is 1. The number of nitrogens with one attached hydrogen (secondary N) is 1. The van der Waals surface area contributed by atoms with Gasteiger partial charge in [0.15, 0.2) is 11.4 Å². The lowest BCUT2D eigenvalue weighted by Crippen LogP contribution is -2.59. The van der Waals surface area contributed by atoms with Gasteiger partial charge < -0.3 is 24.4 Å². The van der Waals surface area contributed by atoms with Crippen molar-refractivity contribution in [3.8, 4) is 18.0 Å². The maximum Gasteiger partial charge on any atom is 0.410 e. The molecular formula is C24H23FN6O4. The smallest absolute Gasteiger partial charge is 0.410 e. The summed E-state index contributed by atoms with van der Waals surface area (Å²) in [6.07, 6.45) is 2.33. The summed E-state index contributed by atoms with van der Waals surface area (Å²) in [5.41, 5.74) is -0.0860. The van der Waals surface area contributed by atoms with Crippen LogP contribution in [0.1, 0.15) is 30.9 Å². The lowest BCUT2D eigenvalue weighted by molar-refractivity contribution is -0.111. The Kier molecular flexibility index (Phi) is 5.87. The first kappa shape index (κ1) is 22.8. The number of nitrogens with zero attached hydrogens (tertiary/aromatic N) is 5. The third-order valence-electron chi connectivity index (χ3n) is 6.57. The van der Waals surface area contributed by atoms with Crippen LogP contribution in [-0.4, -0.2) is 59.0 Å². The number of piperidine rings is 1. The standard InChI is InChI=1S/C24H23FN6O4/c1-24(4-5-24)35-23(32)31-9-15-11-33-12-16(10-31)20(15)34-22-17(8-27)21(28-13-29-22)30-19-3-2-14(7-26)6-18(19)25/h2-3,6,13,15-16,20H,4-5,9-12H2,1H3,(H,28,29,30). The van der Waals surface area contributed by atoms with Crippen LogP contribution in [0, 0.1) is 40.3 Å². The number of fused-ring (bicyclic) bond motifs is 2. The minimum absolute atomic E-state index is 0.0266. The second-order valence-corrected chi connectivity index (χ2v) is 9.31. The van der Waals surface area contributed by atoms with Crippen LogP contribution in [-0.2, 0) is 9.47 Å². The number of nitriles is 2. The molecule has 2 aliphatic heterocycles. The average molecular weight is 478 g/mol. The Bertz CT molecular complexity index is 1220. The van der Waals surface area contributed by atoms with E-state index in [0.29, 0.717) is 26.3 Å². The zero-order valence-electron chi connectivity index (χ0n) is 19.0. The van der Waals surface area contributed by atoms with E-state index in [2.05, 4.69) is 15.3 Å². The van der Waals surface area contributed by atoms with Gasteiger partial charge in [0.1, 0.15) is 29.9 Å². The molecule has 0 radical (unpaired) electrons. The van der Waals surface area contributed by atoms with E-state index < -0.39 is 5.82 Å². The predicted molar refractivity (Wildman–Crippen MR) is 119 cm³/mol. The third-order valence-corrected chi connectivity index (χ3v) is 6.57. The Morgan fingerprint density at radius 2 is 1.97 bits per heavy atom. The van der Waals surface area contributed by atoms with Gasteiger partial charge in [0, 0.05) is 24.9 Å². The van der Waals surface area contributed by atoms with E-state index in [1.807, 2.05) is 19.1 Å². The van der Waals surface area contributed by atoms with Crippen molar-refractivity contribution in [1.29, 1.82) is 10.5 Å². The van der Waals surface area contributed by atoms with Gasteiger partial charge in [0.05, 0.1) is 30.5 Å². The summed E-state index contributed by atoms with van der Waals surface area (Å²) in [5, 5.41) is 21.5. The molecule has 2 atom stereocenters. The fourth-order valence-corrected chi connectivity index (χ4v) is 4.39. The van der Waals surface area contributed by atoms with Crippen LogP contribution in [0.15, 0.2) is 24.5 Å². The molecule has 2 bridgehead atoms. The molecule has 3 aliphatic rings. The number of halogens is 1. The zero-order valence-corrected chi connectivity index (χ0v) is 19.0. The number of amides is 1. The van der Waals surface area contributed by atoms with Gasteiger partial charge in [-0.3, -0.25) is 0 Å². The van der Waals surface area contributed by atoms with Gasteiger partial charge >= 0.3 is 6.09 Å². The van der Waals surface area contributed by atoms with E-state index in [4.69, 9.17) is 19.5 Å². The topological polar surface area (TPSA) is 133 Å². The highest BCUT2D eigenvalue weighted by Crippen LogP contribution is 2.40. The molecule has 1 aromatic heterocycles. The van der Waals surface area contributed by atoms with Gasteiger partial charge in [0.2, 0.25) is 5.88 Å². The fraction of sp³-hybridized carbons (Fsp3) is 0.458. The summed E-state index contributed by atoms with van der Waals surface area (Å²) in [5.74, 6) is -0.754. The molecule has 2 unspecified atom stereocenters. The number of hydrogen-bond acceptors (Lipinski definition) is 9. The van der Waals surface area contributed by atoms with E-state index in [1.165, 1.54) is 18.5 Å². The van der Waals surface area contributed by atoms with Crippen molar-refractivity contribution >= 4 is 17.6 Å². The number of likely N-dealkylation sites (tertiary alicyclic amines) is 1. The molecule has 1 saturated carbocycles. The number of aromatic nitrogens is 2. The van der Waals surface area contributed by atoms with Gasteiger partial charge in [-0.15, -0.1) is 0 Å². The van der Waals surface area contributed by atoms with Crippen molar-refractivity contribution in [2.24, 2.45) is 11.8 Å². The van der Waals surface area contributed by atoms with Crippen LogP contribution in [0.3, 0.4) is 0 Å². The van der Waals surface area contributed by atoms with E-state index in [0.717, 1.165) is 18.9 Å². The molecule has 1 aromatic carbocycles. The molecule has 3 heterocycles. The number of anilines is 2. The van der Waals surface area contributed by atoms with Gasteiger partial charge in [-0.1, -0.05) is 0 Å². The Balaban J connectivity index is 1.33. The maximum atomic E-state index is 14.4. The second-order valence-electron chi connectivity index (χ2n) is 9.31. The van der Waals surface area contributed by atoms with Crippen molar-refractivity contribution in [1.82, 2.24) is 14.9 Å². The normalized spacial score (nSPS) is 24.0. The van der Waals surface area contributed by atoms with E-state index in [1.54, 1.807) is 4.90 Å². The van der Waals surface area contributed by atoms with Crippen LogP contribution in [0.25, 0.3) is 0 Å². The molecule has 10 nitrogen and oxygen atoms in total. The molecule has 35 heavy (non-hydrogen) atoms. The number of benzene rings is 1. The number of carbonyl (C=O) groups excluding carboxylic acids is 1. The summed E-state index contributed by atoms with van der Waals surface area (Å²) in [7, 11) is 0. The summed E-state index contributed by atoms with van der Waals surface area (Å²) in [6.45, 7) is 3.54. The molecule has 0 spiro atoms. The minimum Gasteiger partial charge on any atom is -0.472 e. The highest BCUT2D eigenvalue weighted by Gasteiger charge is 2.47. The van der Waals surface area contributed by atoms with Crippen molar-refractivity contribution in [2.45, 2.75) is 31.5 Å². The predicted octanol–water partition coefficient (Wildman–Crippen LogP) is 3.12. The average Bonchev–Trinajstić information content (AvgIpc) is 3.56. The van der Waals surface area contributed by atoms with Gasteiger partial charge in [0.25, 0.3) is 0 Å². The molecule has 1 aliphatic carbocycles. The number of rotatable bonds is 5. The summed E-state index contributed by atoms with van der Waals surface area (Å²) in [4.78, 5) is 22.6. The molecule has 2 saturated heterocycles. The van der Waals surface area contributed by atoms with E-state index in [-0.39, 0.29) is 58.1 Å². The lowest BCUT2D eigenvalue weighted by atomic mass is 9.84. The largest absolute Gasteiger partial charge is 0.472 e. The van der Waals surface area contributed by atoms with Crippen molar-refractivity contribution in [2.75, 3.05) is 31.6 Å². The fourth-order valence-electron chi connectivity index (χ4n) is 4.39. The molecule has 11 heteroatoms. The van der Waals surface area contributed by atoms with Crippen molar-refractivity contribution in [3.05, 3.63) is 41.5 Å².